The predicted molar refractivity (Wildman–Crippen MR) is 144 cm³/mol. The van der Waals surface area contributed by atoms with Crippen LogP contribution in [0.2, 0.25) is 0 Å². The highest BCUT2D eigenvalue weighted by Crippen LogP contribution is 2.66. The third kappa shape index (κ3) is 4.49. The molecule has 5 rings (SSSR count). The second-order valence-corrected chi connectivity index (χ2v) is 13.5. The van der Waals surface area contributed by atoms with E-state index in [9.17, 15) is 4.79 Å². The molecule has 0 N–H and O–H groups in total. The summed E-state index contributed by atoms with van der Waals surface area (Å²) in [6.07, 6.45) is 19.1. The molecule has 3 nitrogen and oxygen atoms in total. The minimum absolute atomic E-state index is 0.110. The minimum Gasteiger partial charge on any atom is -0.463 e. The SMILES string of the molecule is CC(=O)O[C@H]1CC[C@@]2(C)[C@@H](CC=C3[C@@H]2CC[C@]2(C)[C@@H]([C@H](C)/C=C/C4=C(C)CN(C)CC4)CC[C@@H]32)C1. The summed E-state index contributed by atoms with van der Waals surface area (Å²) >= 11 is 0. The largest absolute Gasteiger partial charge is 0.463 e. The highest BCUT2D eigenvalue weighted by molar-refractivity contribution is 5.66. The topological polar surface area (TPSA) is 29.5 Å². The van der Waals surface area contributed by atoms with E-state index in [0.717, 1.165) is 37.1 Å². The fourth-order valence-electron chi connectivity index (χ4n) is 9.46. The molecule has 3 heteroatoms. The van der Waals surface area contributed by atoms with Gasteiger partial charge in [-0.2, -0.15) is 0 Å². The second-order valence-electron chi connectivity index (χ2n) is 13.5. The van der Waals surface area contributed by atoms with Crippen LogP contribution in [0, 0.1) is 40.4 Å². The average molecular weight is 480 g/mol. The highest BCUT2D eigenvalue weighted by atomic mass is 16.5. The second kappa shape index (κ2) is 9.51. The number of likely N-dealkylation sites (N-methyl/N-ethyl adjacent to an activating group) is 1. The van der Waals surface area contributed by atoms with Gasteiger partial charge in [-0.1, -0.05) is 50.1 Å². The van der Waals surface area contributed by atoms with E-state index in [1.807, 2.05) is 5.57 Å². The molecule has 8 atom stereocenters. The van der Waals surface area contributed by atoms with Crippen molar-refractivity contribution in [2.45, 2.75) is 98.5 Å². The van der Waals surface area contributed by atoms with Gasteiger partial charge in [0, 0.05) is 20.0 Å². The van der Waals surface area contributed by atoms with Gasteiger partial charge in [0.25, 0.3) is 0 Å². The Morgan fingerprint density at radius 3 is 2.63 bits per heavy atom. The maximum absolute atomic E-state index is 11.5. The molecule has 0 aromatic rings. The van der Waals surface area contributed by atoms with Crippen molar-refractivity contribution < 1.29 is 9.53 Å². The van der Waals surface area contributed by atoms with Gasteiger partial charge in [0.15, 0.2) is 0 Å². The summed E-state index contributed by atoms with van der Waals surface area (Å²) in [5.74, 6) is 3.52. The van der Waals surface area contributed by atoms with Gasteiger partial charge in [0.05, 0.1) is 0 Å². The van der Waals surface area contributed by atoms with Gasteiger partial charge in [-0.25, -0.2) is 0 Å². The molecule has 1 aliphatic heterocycles. The Balaban J connectivity index is 1.31. The van der Waals surface area contributed by atoms with E-state index in [-0.39, 0.29) is 12.1 Å². The Morgan fingerprint density at radius 1 is 1.14 bits per heavy atom. The molecule has 0 unspecified atom stereocenters. The van der Waals surface area contributed by atoms with Crippen molar-refractivity contribution in [3.05, 3.63) is 34.9 Å². The molecule has 194 valence electrons. The predicted octanol–water partition coefficient (Wildman–Crippen LogP) is 7.34. The Kier molecular flexibility index (Phi) is 6.87. The lowest BCUT2D eigenvalue weighted by Gasteiger charge is -2.57. The number of carbonyl (C=O) groups is 1. The molecule has 0 aromatic heterocycles. The van der Waals surface area contributed by atoms with Crippen LogP contribution in [0.3, 0.4) is 0 Å². The van der Waals surface area contributed by atoms with Crippen LogP contribution >= 0.6 is 0 Å². The first-order valence-corrected chi connectivity index (χ1v) is 14.5. The van der Waals surface area contributed by atoms with Crippen LogP contribution in [-0.2, 0) is 9.53 Å². The molecule has 5 aliphatic rings. The van der Waals surface area contributed by atoms with Gasteiger partial charge in [-0.05, 0) is 118 Å². The third-order valence-corrected chi connectivity index (χ3v) is 11.5. The van der Waals surface area contributed by atoms with Crippen LogP contribution in [0.5, 0.6) is 0 Å². The van der Waals surface area contributed by atoms with E-state index in [2.05, 4.69) is 57.9 Å². The monoisotopic (exact) mass is 479 g/mol. The summed E-state index contributed by atoms with van der Waals surface area (Å²) in [7, 11) is 2.23. The van der Waals surface area contributed by atoms with E-state index in [4.69, 9.17) is 4.74 Å². The summed E-state index contributed by atoms with van der Waals surface area (Å²) in [5, 5.41) is 0. The van der Waals surface area contributed by atoms with Gasteiger partial charge in [0.2, 0.25) is 0 Å². The lowest BCUT2D eigenvalue weighted by Crippen LogP contribution is -2.50. The maximum Gasteiger partial charge on any atom is 0.302 e. The fourth-order valence-corrected chi connectivity index (χ4v) is 9.46. The van der Waals surface area contributed by atoms with Gasteiger partial charge in [-0.3, -0.25) is 4.79 Å². The number of esters is 1. The standard InChI is InChI=1S/C32H49NO2/c1-21(7-8-24-15-18-33(6)20-22(24)2)28-11-12-29-27-10-9-25-19-26(35-23(3)34)13-16-31(25,4)30(27)14-17-32(28,29)5/h7-8,10,21,25-26,28-30H,9,11-20H2,1-6H3/b8-7+/t21-,25+,26+,28-,29+,30+,31+,32-/m1/s1. The molecular formula is C32H49NO2. The Hall–Kier alpha value is -1.35. The van der Waals surface area contributed by atoms with Crippen LogP contribution in [0.25, 0.3) is 0 Å². The molecule has 0 aromatic carbocycles. The van der Waals surface area contributed by atoms with E-state index < -0.39 is 0 Å². The first-order chi connectivity index (χ1) is 16.6. The highest BCUT2D eigenvalue weighted by Gasteiger charge is 2.58. The number of ether oxygens (including phenoxy) is 1. The van der Waals surface area contributed by atoms with E-state index in [0.29, 0.717) is 22.7 Å². The number of hydrogen-bond donors (Lipinski definition) is 0. The summed E-state index contributed by atoms with van der Waals surface area (Å²) in [4.78, 5) is 14.0. The number of nitrogens with zero attached hydrogens (tertiary/aromatic N) is 1. The summed E-state index contributed by atoms with van der Waals surface area (Å²) in [6, 6.07) is 0. The van der Waals surface area contributed by atoms with Gasteiger partial charge in [-0.15, -0.1) is 0 Å². The van der Waals surface area contributed by atoms with Gasteiger partial charge < -0.3 is 9.64 Å². The van der Waals surface area contributed by atoms with E-state index in [1.54, 1.807) is 18.1 Å². The average Bonchev–Trinajstić information content (AvgIpc) is 3.15. The van der Waals surface area contributed by atoms with Crippen LogP contribution in [0.1, 0.15) is 92.4 Å². The molecule has 0 spiro atoms. The van der Waals surface area contributed by atoms with Crippen molar-refractivity contribution in [2.24, 2.45) is 40.4 Å². The molecule has 0 radical (unpaired) electrons. The summed E-state index contributed by atoms with van der Waals surface area (Å²) < 4.78 is 5.65. The van der Waals surface area contributed by atoms with Crippen molar-refractivity contribution >= 4 is 5.97 Å². The Morgan fingerprint density at radius 2 is 1.89 bits per heavy atom. The van der Waals surface area contributed by atoms with Crippen LogP contribution in [0.4, 0.5) is 0 Å². The first kappa shape index (κ1) is 25.3. The fraction of sp³-hybridized carbons (Fsp3) is 0.781. The molecule has 35 heavy (non-hydrogen) atoms. The van der Waals surface area contributed by atoms with Crippen molar-refractivity contribution in [1.82, 2.24) is 4.90 Å². The normalized spacial score (nSPS) is 42.8. The van der Waals surface area contributed by atoms with Crippen LogP contribution < -0.4 is 0 Å². The molecule has 0 saturated heterocycles. The lowest BCUT2D eigenvalue weighted by molar-refractivity contribution is -0.152. The minimum atomic E-state index is -0.110. The van der Waals surface area contributed by atoms with Crippen molar-refractivity contribution in [1.29, 1.82) is 0 Å². The molecule has 3 saturated carbocycles. The zero-order valence-corrected chi connectivity index (χ0v) is 23.2. The van der Waals surface area contributed by atoms with Crippen LogP contribution in [0.15, 0.2) is 34.9 Å². The van der Waals surface area contributed by atoms with Gasteiger partial charge in [0.1, 0.15) is 6.10 Å². The quantitative estimate of drug-likeness (QED) is 0.312. The number of allylic oxidation sites excluding steroid dienone is 4. The van der Waals surface area contributed by atoms with Crippen molar-refractivity contribution in [3.8, 4) is 0 Å². The molecule has 0 amide bonds. The molecule has 1 heterocycles. The third-order valence-electron chi connectivity index (χ3n) is 11.5. The van der Waals surface area contributed by atoms with E-state index in [1.165, 1.54) is 51.5 Å². The Labute approximate surface area is 214 Å². The number of hydrogen-bond acceptors (Lipinski definition) is 3. The van der Waals surface area contributed by atoms with Crippen molar-refractivity contribution in [2.75, 3.05) is 20.1 Å². The molecule has 3 fully saturated rings. The number of rotatable bonds is 4. The number of fused-ring (bicyclic) bond motifs is 5. The molecule has 0 bridgehead atoms. The summed E-state index contributed by atoms with van der Waals surface area (Å²) in [5.41, 5.74) is 5.80. The zero-order chi connectivity index (χ0) is 25.0. The lowest BCUT2D eigenvalue weighted by atomic mass is 9.47. The molecular weight excluding hydrogens is 430 g/mol. The molecule has 4 aliphatic carbocycles. The van der Waals surface area contributed by atoms with Gasteiger partial charge >= 0.3 is 5.97 Å². The maximum atomic E-state index is 11.5. The smallest absolute Gasteiger partial charge is 0.302 e. The summed E-state index contributed by atoms with van der Waals surface area (Å²) in [6.45, 7) is 13.9. The van der Waals surface area contributed by atoms with Crippen molar-refractivity contribution in [3.63, 3.8) is 0 Å². The first-order valence-electron chi connectivity index (χ1n) is 14.5. The number of carbonyl (C=O) groups excluding carboxylic acids is 1. The Bertz CT molecular complexity index is 930. The van der Waals surface area contributed by atoms with E-state index >= 15 is 0 Å². The van der Waals surface area contributed by atoms with Crippen LogP contribution in [-0.4, -0.2) is 37.1 Å². The zero-order valence-electron chi connectivity index (χ0n) is 23.2.